The van der Waals surface area contributed by atoms with Gasteiger partial charge in [-0.15, -0.1) is 0 Å². The van der Waals surface area contributed by atoms with Crippen LogP contribution in [-0.2, 0) is 0 Å². The molecule has 2 heterocycles. The third-order valence-electron chi connectivity index (χ3n) is 5.98. The molecule has 2 aromatic carbocycles. The van der Waals surface area contributed by atoms with E-state index in [4.69, 9.17) is 23.2 Å². The van der Waals surface area contributed by atoms with Crippen molar-refractivity contribution in [1.82, 2.24) is 15.2 Å². The minimum absolute atomic E-state index is 0.0403. The number of rotatable bonds is 6. The Hall–Kier alpha value is -2.47. The van der Waals surface area contributed by atoms with Crippen molar-refractivity contribution in [2.24, 2.45) is 0 Å². The first-order valence-electron chi connectivity index (χ1n) is 10.9. The summed E-state index contributed by atoms with van der Waals surface area (Å²) in [5.41, 5.74) is 5.82. The number of nitrogens with one attached hydrogen (secondary N) is 2. The number of hydrogen-bond donors (Lipinski definition) is 2. The SMILES string of the molecule is Cc1ccc(-c2cc(C(=O)NCCN3CCN(c4cccc(Cl)c4Cl)CC3)c(C)[nH]2)cc1. The van der Waals surface area contributed by atoms with Crippen molar-refractivity contribution in [2.75, 3.05) is 44.2 Å². The van der Waals surface area contributed by atoms with E-state index in [0.29, 0.717) is 22.2 Å². The van der Waals surface area contributed by atoms with E-state index in [1.54, 1.807) is 0 Å². The number of carbonyl (C=O) groups is 1. The highest BCUT2D eigenvalue weighted by molar-refractivity contribution is 6.43. The molecule has 168 valence electrons. The lowest BCUT2D eigenvalue weighted by atomic mass is 10.1. The third-order valence-corrected chi connectivity index (χ3v) is 6.79. The summed E-state index contributed by atoms with van der Waals surface area (Å²) in [5.74, 6) is -0.0403. The quantitative estimate of drug-likeness (QED) is 0.523. The van der Waals surface area contributed by atoms with Crippen molar-refractivity contribution in [3.8, 4) is 11.3 Å². The predicted octanol–water partition coefficient (Wildman–Crippen LogP) is 5.16. The zero-order chi connectivity index (χ0) is 22.7. The first-order chi connectivity index (χ1) is 15.4. The number of H-pyrrole nitrogens is 1. The molecular weight excluding hydrogens is 443 g/mol. The molecule has 1 fully saturated rings. The van der Waals surface area contributed by atoms with Gasteiger partial charge in [-0.1, -0.05) is 59.1 Å². The minimum atomic E-state index is -0.0403. The van der Waals surface area contributed by atoms with Crippen molar-refractivity contribution in [3.05, 3.63) is 75.4 Å². The first-order valence-corrected chi connectivity index (χ1v) is 11.6. The van der Waals surface area contributed by atoms with Crippen LogP contribution in [0.25, 0.3) is 11.3 Å². The van der Waals surface area contributed by atoms with E-state index in [9.17, 15) is 4.79 Å². The predicted molar refractivity (Wildman–Crippen MR) is 133 cm³/mol. The number of hydrogen-bond acceptors (Lipinski definition) is 3. The van der Waals surface area contributed by atoms with Gasteiger partial charge in [-0.2, -0.15) is 0 Å². The smallest absolute Gasteiger partial charge is 0.253 e. The van der Waals surface area contributed by atoms with Gasteiger partial charge in [-0.05, 0) is 37.6 Å². The Morgan fingerprint density at radius 1 is 1.03 bits per heavy atom. The number of carbonyl (C=O) groups excluding carboxylic acids is 1. The number of amides is 1. The van der Waals surface area contributed by atoms with Gasteiger partial charge in [0.25, 0.3) is 5.91 Å². The van der Waals surface area contributed by atoms with Crippen molar-refractivity contribution in [3.63, 3.8) is 0 Å². The molecular formula is C25H28Cl2N4O. The molecule has 0 aliphatic carbocycles. The van der Waals surface area contributed by atoms with Gasteiger partial charge in [0.05, 0.1) is 21.3 Å². The van der Waals surface area contributed by atoms with Crippen LogP contribution >= 0.6 is 23.2 Å². The topological polar surface area (TPSA) is 51.4 Å². The summed E-state index contributed by atoms with van der Waals surface area (Å²) in [6.07, 6.45) is 0. The molecule has 2 N–H and O–H groups in total. The Morgan fingerprint density at radius 2 is 1.75 bits per heavy atom. The van der Waals surface area contributed by atoms with Crippen molar-refractivity contribution >= 4 is 34.8 Å². The molecule has 4 rings (SSSR count). The molecule has 3 aromatic rings. The highest BCUT2D eigenvalue weighted by Crippen LogP contribution is 2.32. The summed E-state index contributed by atoms with van der Waals surface area (Å²) in [7, 11) is 0. The van der Waals surface area contributed by atoms with Crippen LogP contribution < -0.4 is 10.2 Å². The van der Waals surface area contributed by atoms with E-state index < -0.39 is 0 Å². The lowest BCUT2D eigenvalue weighted by Crippen LogP contribution is -2.48. The zero-order valence-corrected chi connectivity index (χ0v) is 19.9. The number of aromatic nitrogens is 1. The maximum atomic E-state index is 12.7. The fraction of sp³-hybridized carbons (Fsp3) is 0.320. The fourth-order valence-electron chi connectivity index (χ4n) is 4.05. The molecule has 0 radical (unpaired) electrons. The summed E-state index contributed by atoms with van der Waals surface area (Å²) in [4.78, 5) is 20.7. The molecule has 1 aromatic heterocycles. The second kappa shape index (κ2) is 9.99. The van der Waals surface area contributed by atoms with Crippen LogP contribution in [0.2, 0.25) is 10.0 Å². The Morgan fingerprint density at radius 3 is 2.47 bits per heavy atom. The number of anilines is 1. The molecule has 7 heteroatoms. The number of piperazine rings is 1. The average molecular weight is 471 g/mol. The zero-order valence-electron chi connectivity index (χ0n) is 18.4. The molecule has 0 bridgehead atoms. The van der Waals surface area contributed by atoms with E-state index in [-0.39, 0.29) is 5.91 Å². The highest BCUT2D eigenvalue weighted by atomic mass is 35.5. The molecule has 0 unspecified atom stereocenters. The highest BCUT2D eigenvalue weighted by Gasteiger charge is 2.20. The van der Waals surface area contributed by atoms with Gasteiger partial charge in [-0.3, -0.25) is 9.69 Å². The lowest BCUT2D eigenvalue weighted by molar-refractivity contribution is 0.0947. The second-order valence-electron chi connectivity index (χ2n) is 8.25. The summed E-state index contributed by atoms with van der Waals surface area (Å²) in [6, 6.07) is 16.0. The number of halogens is 2. The Bertz CT molecular complexity index is 1090. The van der Waals surface area contributed by atoms with Gasteiger partial charge >= 0.3 is 0 Å². The summed E-state index contributed by atoms with van der Waals surface area (Å²) < 4.78 is 0. The molecule has 1 saturated heterocycles. The van der Waals surface area contributed by atoms with Crippen molar-refractivity contribution in [2.45, 2.75) is 13.8 Å². The molecule has 0 atom stereocenters. The lowest BCUT2D eigenvalue weighted by Gasteiger charge is -2.36. The Balaban J connectivity index is 1.27. The fourth-order valence-corrected chi connectivity index (χ4v) is 4.47. The summed E-state index contributed by atoms with van der Waals surface area (Å²) in [5, 5.41) is 4.26. The van der Waals surface area contributed by atoms with Crippen LogP contribution in [0.3, 0.4) is 0 Å². The van der Waals surface area contributed by atoms with Crippen molar-refractivity contribution < 1.29 is 4.79 Å². The van der Waals surface area contributed by atoms with Gasteiger partial charge in [0.2, 0.25) is 0 Å². The molecule has 0 spiro atoms. The van der Waals surface area contributed by atoms with Crippen LogP contribution in [0.15, 0.2) is 48.5 Å². The molecule has 5 nitrogen and oxygen atoms in total. The van der Waals surface area contributed by atoms with Gasteiger partial charge in [-0.25, -0.2) is 0 Å². The summed E-state index contributed by atoms with van der Waals surface area (Å²) in [6.45, 7) is 9.02. The molecule has 0 saturated carbocycles. The van der Waals surface area contributed by atoms with Crippen molar-refractivity contribution in [1.29, 1.82) is 0 Å². The van der Waals surface area contributed by atoms with Gasteiger partial charge < -0.3 is 15.2 Å². The van der Waals surface area contributed by atoms with E-state index >= 15 is 0 Å². The Kier molecular flexibility index (Phi) is 7.09. The number of nitrogens with zero attached hydrogens (tertiary/aromatic N) is 2. The van der Waals surface area contributed by atoms with E-state index in [0.717, 1.165) is 55.4 Å². The first kappa shape index (κ1) is 22.7. The largest absolute Gasteiger partial charge is 0.368 e. The van der Waals surface area contributed by atoms with E-state index in [1.165, 1.54) is 5.56 Å². The number of aryl methyl sites for hydroxylation is 2. The number of benzene rings is 2. The molecule has 32 heavy (non-hydrogen) atoms. The Labute approximate surface area is 199 Å². The minimum Gasteiger partial charge on any atom is -0.368 e. The monoisotopic (exact) mass is 470 g/mol. The molecule has 1 aliphatic rings. The number of aromatic amines is 1. The van der Waals surface area contributed by atoms with Crippen LogP contribution in [0.4, 0.5) is 5.69 Å². The second-order valence-corrected chi connectivity index (χ2v) is 9.03. The van der Waals surface area contributed by atoms with E-state index in [2.05, 4.69) is 51.3 Å². The van der Waals surface area contributed by atoms with Crippen LogP contribution in [0, 0.1) is 13.8 Å². The van der Waals surface area contributed by atoms with Crippen LogP contribution in [0.1, 0.15) is 21.6 Å². The van der Waals surface area contributed by atoms with Gasteiger partial charge in [0.15, 0.2) is 0 Å². The van der Waals surface area contributed by atoms with Gasteiger partial charge in [0, 0.05) is 50.7 Å². The average Bonchev–Trinajstić information content (AvgIpc) is 3.18. The third kappa shape index (κ3) is 5.12. The van der Waals surface area contributed by atoms with Gasteiger partial charge in [0.1, 0.15) is 0 Å². The van der Waals surface area contributed by atoms with Crippen LogP contribution in [0.5, 0.6) is 0 Å². The maximum absolute atomic E-state index is 12.7. The standard InChI is InChI=1S/C25H28Cl2N4O/c1-17-6-8-19(9-7-17)22-16-20(18(2)29-22)25(32)28-10-11-30-12-14-31(15-13-30)23-5-3-4-21(26)24(23)27/h3-9,16,29H,10-15H2,1-2H3,(H,28,32). The van der Waals surface area contributed by atoms with Crippen LogP contribution in [-0.4, -0.2) is 55.1 Å². The molecule has 1 aliphatic heterocycles. The molecule has 1 amide bonds. The maximum Gasteiger partial charge on any atom is 0.253 e. The summed E-state index contributed by atoms with van der Waals surface area (Å²) >= 11 is 12.5. The van der Waals surface area contributed by atoms with E-state index in [1.807, 2.05) is 31.2 Å². The normalized spacial score (nSPS) is 14.6.